The van der Waals surface area contributed by atoms with Gasteiger partial charge >= 0.3 is 5.69 Å². The summed E-state index contributed by atoms with van der Waals surface area (Å²) < 4.78 is 11.8. The average molecular weight is 313 g/mol. The maximum absolute atomic E-state index is 11.5. The third-order valence-electron chi connectivity index (χ3n) is 3.69. The van der Waals surface area contributed by atoms with E-state index < -0.39 is 5.60 Å². The number of benzene rings is 1. The Labute approximate surface area is 133 Å². The Morgan fingerprint density at radius 2 is 2.04 bits per heavy atom. The predicted molar refractivity (Wildman–Crippen MR) is 87.6 cm³/mol. The van der Waals surface area contributed by atoms with Gasteiger partial charge in [0, 0.05) is 12.8 Å². The number of H-pyrrole nitrogens is 2. The van der Waals surface area contributed by atoms with Crippen LogP contribution in [0.4, 0.5) is 0 Å². The van der Waals surface area contributed by atoms with Gasteiger partial charge in [-0.15, -0.1) is 0 Å². The van der Waals surface area contributed by atoms with Crippen molar-refractivity contribution < 1.29 is 9.47 Å². The highest BCUT2D eigenvalue weighted by Crippen LogP contribution is 2.27. The normalized spacial score (nSPS) is 13.8. The molecule has 0 bridgehead atoms. The van der Waals surface area contributed by atoms with Crippen LogP contribution >= 0.6 is 0 Å². The fraction of sp³-hybridized carbons (Fsp3) is 0.294. The molecule has 6 heteroatoms. The summed E-state index contributed by atoms with van der Waals surface area (Å²) in [5, 5.41) is 0. The van der Waals surface area contributed by atoms with Crippen LogP contribution in [0.5, 0.6) is 5.75 Å². The molecule has 3 aromatic rings. The molecule has 1 unspecified atom stereocenters. The summed E-state index contributed by atoms with van der Waals surface area (Å²) in [5.74, 6) is 0.600. The zero-order valence-corrected chi connectivity index (χ0v) is 13.1. The molecule has 0 aliphatic heterocycles. The van der Waals surface area contributed by atoms with E-state index in [9.17, 15) is 4.79 Å². The van der Waals surface area contributed by atoms with Crippen molar-refractivity contribution in [3.63, 3.8) is 0 Å². The molecule has 2 N–H and O–H groups in total. The molecule has 23 heavy (non-hydrogen) atoms. The first-order chi connectivity index (χ1) is 11.1. The molecule has 0 radical (unpaired) electrons. The van der Waals surface area contributed by atoms with E-state index in [1.807, 2.05) is 50.2 Å². The zero-order chi connectivity index (χ0) is 16.3. The van der Waals surface area contributed by atoms with Crippen LogP contribution in [-0.2, 0) is 10.3 Å². The van der Waals surface area contributed by atoms with Crippen molar-refractivity contribution in [2.24, 2.45) is 0 Å². The second kappa shape index (κ2) is 6.26. The fourth-order valence-corrected chi connectivity index (χ4v) is 2.55. The molecule has 6 nitrogen and oxygen atoms in total. The molecule has 120 valence electrons. The van der Waals surface area contributed by atoms with Gasteiger partial charge in [-0.1, -0.05) is 12.1 Å². The van der Waals surface area contributed by atoms with E-state index in [1.165, 1.54) is 0 Å². The quantitative estimate of drug-likeness (QED) is 0.733. The van der Waals surface area contributed by atoms with Gasteiger partial charge < -0.3 is 19.4 Å². The van der Waals surface area contributed by atoms with Crippen LogP contribution < -0.4 is 10.4 Å². The number of hydrogen-bond acceptors (Lipinski definition) is 4. The number of fused-ring (bicyclic) bond motifs is 1. The molecular weight excluding hydrogens is 294 g/mol. The van der Waals surface area contributed by atoms with Crippen LogP contribution in [0.2, 0.25) is 0 Å². The second-order valence-electron chi connectivity index (χ2n) is 5.43. The Bertz CT molecular complexity index is 841. The number of aromatic amines is 2. The summed E-state index contributed by atoms with van der Waals surface area (Å²) in [6.45, 7) is 4.70. The van der Waals surface area contributed by atoms with E-state index in [4.69, 9.17) is 9.47 Å². The summed E-state index contributed by atoms with van der Waals surface area (Å²) in [6, 6.07) is 11.2. The smallest absolute Gasteiger partial charge is 0.323 e. The minimum Gasteiger partial charge on any atom is -0.488 e. The molecule has 1 aromatic carbocycles. The van der Waals surface area contributed by atoms with E-state index >= 15 is 0 Å². The monoisotopic (exact) mass is 313 g/mol. The minimum absolute atomic E-state index is 0.256. The molecule has 0 aliphatic carbocycles. The van der Waals surface area contributed by atoms with Gasteiger partial charge in [0.25, 0.3) is 0 Å². The lowest BCUT2D eigenvalue weighted by atomic mass is 10.0. The van der Waals surface area contributed by atoms with Crippen molar-refractivity contribution in [3.8, 4) is 5.75 Å². The Hall–Kier alpha value is -2.60. The molecule has 0 spiro atoms. The summed E-state index contributed by atoms with van der Waals surface area (Å²) in [7, 11) is 0. The first kappa shape index (κ1) is 15.3. The van der Waals surface area contributed by atoms with Crippen LogP contribution in [0.25, 0.3) is 11.0 Å². The van der Waals surface area contributed by atoms with Crippen molar-refractivity contribution >= 4 is 11.0 Å². The van der Waals surface area contributed by atoms with Crippen molar-refractivity contribution in [1.29, 1.82) is 0 Å². The van der Waals surface area contributed by atoms with Crippen LogP contribution in [-0.4, -0.2) is 28.2 Å². The molecule has 2 aromatic heterocycles. The zero-order valence-electron chi connectivity index (χ0n) is 13.1. The number of pyridine rings is 1. The number of rotatable bonds is 6. The maximum Gasteiger partial charge on any atom is 0.323 e. The number of imidazole rings is 1. The van der Waals surface area contributed by atoms with Crippen molar-refractivity contribution in [2.45, 2.75) is 19.4 Å². The van der Waals surface area contributed by atoms with Crippen molar-refractivity contribution in [1.82, 2.24) is 15.0 Å². The standard InChI is InChI=1S/C17H19N3O3/c1-3-23-17(2,14-9-4-5-10-18-14)11-22-13-8-6-7-12-15(13)20-16(21)19-12/h4-10H,3,11H2,1-2H3,(H2,19,20,21). The summed E-state index contributed by atoms with van der Waals surface area (Å²) >= 11 is 0. The van der Waals surface area contributed by atoms with Gasteiger partial charge in [-0.25, -0.2) is 4.79 Å². The maximum atomic E-state index is 11.5. The molecular formula is C17H19N3O3. The second-order valence-corrected chi connectivity index (χ2v) is 5.43. The fourth-order valence-electron chi connectivity index (χ4n) is 2.55. The molecule has 1 atom stereocenters. The number of ether oxygens (including phenoxy) is 2. The highest BCUT2D eigenvalue weighted by molar-refractivity contribution is 5.81. The Kier molecular flexibility index (Phi) is 4.16. The first-order valence-corrected chi connectivity index (χ1v) is 7.51. The van der Waals surface area contributed by atoms with Crippen LogP contribution in [0, 0.1) is 0 Å². The molecule has 0 amide bonds. The number of para-hydroxylation sites is 1. The van der Waals surface area contributed by atoms with E-state index in [1.54, 1.807) is 6.20 Å². The van der Waals surface area contributed by atoms with Crippen LogP contribution in [0.15, 0.2) is 47.4 Å². The Morgan fingerprint density at radius 1 is 1.17 bits per heavy atom. The van der Waals surface area contributed by atoms with Gasteiger partial charge in [-0.3, -0.25) is 4.98 Å². The predicted octanol–water partition coefficient (Wildman–Crippen LogP) is 2.58. The molecule has 0 fully saturated rings. The SMILES string of the molecule is CCOC(C)(COc1cccc2[nH]c(=O)[nH]c12)c1ccccn1. The molecule has 0 saturated heterocycles. The summed E-state index contributed by atoms with van der Waals surface area (Å²) in [4.78, 5) is 21.3. The Balaban J connectivity index is 1.88. The number of aromatic nitrogens is 3. The average Bonchev–Trinajstić information content (AvgIpc) is 2.95. The third kappa shape index (κ3) is 3.12. The lowest BCUT2D eigenvalue weighted by molar-refractivity contribution is -0.0624. The van der Waals surface area contributed by atoms with E-state index in [2.05, 4.69) is 15.0 Å². The van der Waals surface area contributed by atoms with Gasteiger partial charge in [-0.05, 0) is 38.1 Å². The van der Waals surface area contributed by atoms with Gasteiger partial charge in [0.1, 0.15) is 23.5 Å². The summed E-state index contributed by atoms with van der Waals surface area (Å²) in [6.07, 6.45) is 1.73. The first-order valence-electron chi connectivity index (χ1n) is 7.51. The Morgan fingerprint density at radius 3 is 2.78 bits per heavy atom. The number of nitrogens with one attached hydrogen (secondary N) is 2. The lowest BCUT2D eigenvalue weighted by Crippen LogP contribution is -2.34. The molecule has 2 heterocycles. The van der Waals surface area contributed by atoms with Crippen LogP contribution in [0.1, 0.15) is 19.5 Å². The largest absolute Gasteiger partial charge is 0.488 e. The van der Waals surface area contributed by atoms with Gasteiger partial charge in [0.05, 0.1) is 11.2 Å². The number of nitrogens with zero attached hydrogens (tertiary/aromatic N) is 1. The van der Waals surface area contributed by atoms with Crippen molar-refractivity contribution in [2.75, 3.05) is 13.2 Å². The van der Waals surface area contributed by atoms with E-state index in [0.29, 0.717) is 23.4 Å². The molecule has 3 rings (SSSR count). The van der Waals surface area contributed by atoms with Crippen LogP contribution in [0.3, 0.4) is 0 Å². The van der Waals surface area contributed by atoms with Crippen molar-refractivity contribution in [3.05, 3.63) is 58.8 Å². The molecule has 0 aliphatic rings. The van der Waals surface area contributed by atoms with E-state index in [0.717, 1.165) is 5.69 Å². The number of hydrogen-bond donors (Lipinski definition) is 2. The third-order valence-corrected chi connectivity index (χ3v) is 3.69. The minimum atomic E-state index is -0.672. The molecule has 0 saturated carbocycles. The van der Waals surface area contributed by atoms with Gasteiger partial charge in [0.15, 0.2) is 0 Å². The lowest BCUT2D eigenvalue weighted by Gasteiger charge is -2.28. The highest BCUT2D eigenvalue weighted by Gasteiger charge is 2.30. The highest BCUT2D eigenvalue weighted by atomic mass is 16.5. The van der Waals surface area contributed by atoms with Gasteiger partial charge in [-0.2, -0.15) is 0 Å². The van der Waals surface area contributed by atoms with Gasteiger partial charge in [0.2, 0.25) is 0 Å². The van der Waals surface area contributed by atoms with E-state index in [-0.39, 0.29) is 12.3 Å². The topological polar surface area (TPSA) is 80.0 Å². The summed E-state index contributed by atoms with van der Waals surface area (Å²) in [5.41, 5.74) is 1.24.